The van der Waals surface area contributed by atoms with Gasteiger partial charge in [0.15, 0.2) is 0 Å². The third-order valence-corrected chi connectivity index (χ3v) is 2.97. The lowest BCUT2D eigenvalue weighted by Gasteiger charge is -2.12. The van der Waals surface area contributed by atoms with Crippen LogP contribution in [-0.4, -0.2) is 12.6 Å². The fourth-order valence-electron chi connectivity index (χ4n) is 2.20. The van der Waals surface area contributed by atoms with Gasteiger partial charge < -0.3 is 10.6 Å². The third kappa shape index (κ3) is 1.41. The topological polar surface area (TPSA) is 41.1 Å². The number of hydrogen-bond donors (Lipinski definition) is 2. The molecule has 0 saturated carbocycles. The minimum atomic E-state index is -0.0852. The molecular formula is C13H12N2O. The van der Waals surface area contributed by atoms with Gasteiger partial charge in [0.25, 0.3) is 0 Å². The van der Waals surface area contributed by atoms with Gasteiger partial charge in [0.05, 0.1) is 6.04 Å². The number of fused-ring (bicyclic) bond motifs is 1. The first kappa shape index (κ1) is 9.21. The van der Waals surface area contributed by atoms with Gasteiger partial charge in [0, 0.05) is 6.54 Å². The van der Waals surface area contributed by atoms with Crippen molar-refractivity contribution in [2.75, 3.05) is 6.54 Å². The number of rotatable bonds is 1. The number of hydrogen-bond acceptors (Lipinski definition) is 1. The van der Waals surface area contributed by atoms with Crippen molar-refractivity contribution in [1.29, 1.82) is 0 Å². The van der Waals surface area contributed by atoms with Crippen molar-refractivity contribution >= 4 is 16.8 Å². The van der Waals surface area contributed by atoms with E-state index in [1.807, 2.05) is 18.2 Å². The Bertz CT molecular complexity index is 545. The highest BCUT2D eigenvalue weighted by Crippen LogP contribution is 2.25. The van der Waals surface area contributed by atoms with Gasteiger partial charge in [-0.15, -0.1) is 0 Å². The van der Waals surface area contributed by atoms with Gasteiger partial charge in [0.2, 0.25) is 0 Å². The summed E-state index contributed by atoms with van der Waals surface area (Å²) < 4.78 is 0. The molecule has 0 spiro atoms. The molecule has 1 fully saturated rings. The average molecular weight is 212 g/mol. The molecule has 0 aromatic heterocycles. The Morgan fingerprint density at radius 1 is 1.06 bits per heavy atom. The van der Waals surface area contributed by atoms with Gasteiger partial charge in [-0.1, -0.05) is 42.5 Å². The third-order valence-electron chi connectivity index (χ3n) is 2.97. The van der Waals surface area contributed by atoms with Crippen molar-refractivity contribution in [3.63, 3.8) is 0 Å². The van der Waals surface area contributed by atoms with Crippen LogP contribution in [-0.2, 0) is 0 Å². The molecule has 1 saturated heterocycles. The normalized spacial score (nSPS) is 19.5. The molecule has 1 heterocycles. The van der Waals surface area contributed by atoms with E-state index in [4.69, 9.17) is 0 Å². The van der Waals surface area contributed by atoms with Crippen LogP contribution >= 0.6 is 0 Å². The van der Waals surface area contributed by atoms with E-state index in [2.05, 4.69) is 34.9 Å². The van der Waals surface area contributed by atoms with Gasteiger partial charge in [-0.25, -0.2) is 4.79 Å². The standard InChI is InChI=1S/C13H12N2O/c16-13-14-8-12(15-13)11-7-3-5-9-4-1-2-6-10(9)11/h1-7,12H,8H2,(H2,14,15,16)/t12-/m0/s1. The van der Waals surface area contributed by atoms with Crippen LogP contribution in [0.4, 0.5) is 4.79 Å². The molecule has 1 aliphatic rings. The summed E-state index contributed by atoms with van der Waals surface area (Å²) in [5, 5.41) is 8.11. The number of benzene rings is 2. The maximum atomic E-state index is 11.1. The molecule has 2 N–H and O–H groups in total. The summed E-state index contributed by atoms with van der Waals surface area (Å²) >= 11 is 0. The van der Waals surface area contributed by atoms with E-state index in [0.29, 0.717) is 6.54 Å². The first-order valence-electron chi connectivity index (χ1n) is 5.36. The van der Waals surface area contributed by atoms with Gasteiger partial charge in [-0.05, 0) is 16.3 Å². The zero-order chi connectivity index (χ0) is 11.0. The van der Waals surface area contributed by atoms with Crippen molar-refractivity contribution < 1.29 is 4.79 Å². The Morgan fingerprint density at radius 2 is 1.88 bits per heavy atom. The minimum absolute atomic E-state index is 0.0820. The largest absolute Gasteiger partial charge is 0.336 e. The van der Waals surface area contributed by atoms with Crippen molar-refractivity contribution in [2.45, 2.75) is 6.04 Å². The molecule has 0 aliphatic carbocycles. The van der Waals surface area contributed by atoms with Crippen LogP contribution in [0, 0.1) is 0 Å². The summed E-state index contributed by atoms with van der Waals surface area (Å²) in [4.78, 5) is 11.1. The monoisotopic (exact) mass is 212 g/mol. The molecule has 80 valence electrons. The van der Waals surface area contributed by atoms with E-state index >= 15 is 0 Å². The summed E-state index contributed by atoms with van der Waals surface area (Å²) in [5.74, 6) is 0. The van der Waals surface area contributed by atoms with E-state index in [1.165, 1.54) is 16.3 Å². The van der Waals surface area contributed by atoms with Crippen LogP contribution in [0.5, 0.6) is 0 Å². The molecule has 16 heavy (non-hydrogen) atoms. The molecule has 3 rings (SSSR count). The molecular weight excluding hydrogens is 200 g/mol. The van der Waals surface area contributed by atoms with E-state index in [-0.39, 0.29) is 12.1 Å². The molecule has 0 bridgehead atoms. The average Bonchev–Trinajstić information content (AvgIpc) is 2.75. The van der Waals surface area contributed by atoms with Crippen LogP contribution in [0.25, 0.3) is 10.8 Å². The second-order valence-electron chi connectivity index (χ2n) is 3.98. The van der Waals surface area contributed by atoms with Crippen molar-refractivity contribution in [3.05, 3.63) is 48.0 Å². The summed E-state index contributed by atoms with van der Waals surface area (Å²) in [6.07, 6.45) is 0. The summed E-state index contributed by atoms with van der Waals surface area (Å²) in [6.45, 7) is 0.660. The van der Waals surface area contributed by atoms with Crippen LogP contribution in [0.3, 0.4) is 0 Å². The zero-order valence-corrected chi connectivity index (χ0v) is 8.73. The lowest BCUT2D eigenvalue weighted by atomic mass is 9.99. The Hall–Kier alpha value is -2.03. The Kier molecular flexibility index (Phi) is 2.03. The number of amides is 2. The highest BCUT2D eigenvalue weighted by atomic mass is 16.2. The number of carbonyl (C=O) groups excluding carboxylic acids is 1. The van der Waals surface area contributed by atoms with Crippen LogP contribution < -0.4 is 10.6 Å². The lowest BCUT2D eigenvalue weighted by molar-refractivity contribution is 0.247. The number of nitrogens with one attached hydrogen (secondary N) is 2. The molecule has 2 aromatic carbocycles. The lowest BCUT2D eigenvalue weighted by Crippen LogP contribution is -2.21. The predicted molar refractivity (Wildman–Crippen MR) is 63.2 cm³/mol. The maximum absolute atomic E-state index is 11.1. The van der Waals surface area contributed by atoms with E-state index < -0.39 is 0 Å². The zero-order valence-electron chi connectivity index (χ0n) is 8.73. The fourth-order valence-corrected chi connectivity index (χ4v) is 2.20. The molecule has 3 nitrogen and oxygen atoms in total. The number of urea groups is 1. The van der Waals surface area contributed by atoms with Gasteiger partial charge in [-0.2, -0.15) is 0 Å². The number of carbonyl (C=O) groups is 1. The van der Waals surface area contributed by atoms with E-state index in [9.17, 15) is 4.79 Å². The molecule has 1 atom stereocenters. The maximum Gasteiger partial charge on any atom is 0.315 e. The Labute approximate surface area is 93.5 Å². The highest BCUT2D eigenvalue weighted by Gasteiger charge is 2.22. The van der Waals surface area contributed by atoms with Crippen molar-refractivity contribution in [2.24, 2.45) is 0 Å². The van der Waals surface area contributed by atoms with Gasteiger partial charge in [-0.3, -0.25) is 0 Å². The quantitative estimate of drug-likeness (QED) is 0.747. The first-order valence-corrected chi connectivity index (χ1v) is 5.36. The second-order valence-corrected chi connectivity index (χ2v) is 3.98. The van der Waals surface area contributed by atoms with Crippen LogP contribution in [0.2, 0.25) is 0 Å². The molecule has 1 aliphatic heterocycles. The van der Waals surface area contributed by atoms with Gasteiger partial charge >= 0.3 is 6.03 Å². The highest BCUT2D eigenvalue weighted by molar-refractivity contribution is 5.87. The van der Waals surface area contributed by atoms with Crippen molar-refractivity contribution in [3.8, 4) is 0 Å². The first-order chi connectivity index (χ1) is 7.84. The molecule has 2 aromatic rings. The molecule has 0 unspecified atom stereocenters. The summed E-state index contributed by atoms with van der Waals surface area (Å²) in [5.41, 5.74) is 1.18. The molecule has 3 heteroatoms. The van der Waals surface area contributed by atoms with Crippen LogP contribution in [0.15, 0.2) is 42.5 Å². The minimum Gasteiger partial charge on any atom is -0.336 e. The SMILES string of the molecule is O=C1NC[C@@H](c2cccc3ccccc23)N1. The van der Waals surface area contributed by atoms with E-state index in [0.717, 1.165) is 0 Å². The fraction of sp³-hybridized carbons (Fsp3) is 0.154. The Balaban J connectivity index is 2.13. The van der Waals surface area contributed by atoms with Crippen molar-refractivity contribution in [1.82, 2.24) is 10.6 Å². The van der Waals surface area contributed by atoms with Crippen LogP contribution in [0.1, 0.15) is 11.6 Å². The smallest absolute Gasteiger partial charge is 0.315 e. The summed E-state index contributed by atoms with van der Waals surface area (Å²) in [6, 6.07) is 14.4. The predicted octanol–water partition coefficient (Wildman–Crippen LogP) is 2.19. The molecule has 2 amide bonds. The Morgan fingerprint density at radius 3 is 2.69 bits per heavy atom. The second kappa shape index (κ2) is 3.52. The molecule has 0 radical (unpaired) electrons. The van der Waals surface area contributed by atoms with E-state index in [1.54, 1.807) is 0 Å². The summed E-state index contributed by atoms with van der Waals surface area (Å²) in [7, 11) is 0. The van der Waals surface area contributed by atoms with Gasteiger partial charge in [0.1, 0.15) is 0 Å².